The Kier molecular flexibility index (Phi) is 5.80. The van der Waals surface area contributed by atoms with Crippen molar-refractivity contribution in [1.29, 1.82) is 0 Å². The van der Waals surface area contributed by atoms with Crippen molar-refractivity contribution in [3.8, 4) is 11.3 Å². The molecule has 0 bridgehead atoms. The number of hydrogen-bond donors (Lipinski definition) is 2. The van der Waals surface area contributed by atoms with Crippen LogP contribution in [0.25, 0.3) is 22.2 Å². The summed E-state index contributed by atoms with van der Waals surface area (Å²) in [6.07, 6.45) is 3.94. The van der Waals surface area contributed by atoms with Crippen LogP contribution in [0.4, 0.5) is 5.82 Å². The Labute approximate surface area is 153 Å². The molecule has 0 fully saturated rings. The molecule has 0 aliphatic heterocycles. The predicted octanol–water partition coefficient (Wildman–Crippen LogP) is 3.39. The molecular weight excluding hydrogens is 330 g/mol. The molecule has 0 spiro atoms. The van der Waals surface area contributed by atoms with Gasteiger partial charge in [0.25, 0.3) is 0 Å². The lowest BCUT2D eigenvalue weighted by molar-refractivity contribution is 0.210. The van der Waals surface area contributed by atoms with Gasteiger partial charge in [-0.2, -0.15) is 0 Å². The van der Waals surface area contributed by atoms with Crippen molar-refractivity contribution in [2.24, 2.45) is 11.7 Å². The third kappa shape index (κ3) is 4.17. The van der Waals surface area contributed by atoms with Gasteiger partial charge in [0.05, 0.1) is 24.4 Å². The minimum absolute atomic E-state index is 0.198. The maximum absolute atomic E-state index is 6.32. The molecule has 2 aromatic heterocycles. The third-order valence-corrected chi connectivity index (χ3v) is 4.09. The smallest absolute Gasteiger partial charge is 0.181 e. The standard InChI is InChI=1S/C19H25N5O2/c1-12(2)8-15(20)19-23-16-5-4-13(17-10-21-11-26-17)9-14(16)18(24-19)22-6-7-25-3/h4-5,9-12,15H,6-8,20H2,1-3H3,(H,22,23,24). The summed E-state index contributed by atoms with van der Waals surface area (Å²) in [5, 5.41) is 4.24. The summed E-state index contributed by atoms with van der Waals surface area (Å²) in [5.41, 5.74) is 8.09. The SMILES string of the molecule is COCCNc1nc(C(N)CC(C)C)nc2ccc(-c3cnco3)cc12. The Hall–Kier alpha value is -2.51. The van der Waals surface area contributed by atoms with Gasteiger partial charge < -0.3 is 20.2 Å². The molecule has 0 saturated heterocycles. The Morgan fingerprint density at radius 1 is 1.27 bits per heavy atom. The lowest BCUT2D eigenvalue weighted by Crippen LogP contribution is -2.18. The molecule has 26 heavy (non-hydrogen) atoms. The third-order valence-electron chi connectivity index (χ3n) is 4.09. The van der Waals surface area contributed by atoms with Gasteiger partial charge in [0.1, 0.15) is 11.6 Å². The van der Waals surface area contributed by atoms with Crippen molar-refractivity contribution in [3.63, 3.8) is 0 Å². The number of fused-ring (bicyclic) bond motifs is 1. The van der Waals surface area contributed by atoms with Crippen LogP contribution in [-0.4, -0.2) is 35.2 Å². The van der Waals surface area contributed by atoms with Crippen LogP contribution in [0.3, 0.4) is 0 Å². The summed E-state index contributed by atoms with van der Waals surface area (Å²) in [4.78, 5) is 13.4. The number of oxazole rings is 1. The van der Waals surface area contributed by atoms with E-state index in [0.717, 1.165) is 28.7 Å². The minimum Gasteiger partial charge on any atom is -0.444 e. The zero-order valence-corrected chi connectivity index (χ0v) is 15.4. The minimum atomic E-state index is -0.198. The number of aromatic nitrogens is 3. The maximum atomic E-state index is 6.32. The highest BCUT2D eigenvalue weighted by Gasteiger charge is 2.16. The second-order valence-electron chi connectivity index (χ2n) is 6.68. The molecule has 0 aliphatic carbocycles. The number of benzene rings is 1. The van der Waals surface area contributed by atoms with Gasteiger partial charge in [0, 0.05) is 24.6 Å². The lowest BCUT2D eigenvalue weighted by atomic mass is 10.0. The number of ether oxygens (including phenoxy) is 1. The highest BCUT2D eigenvalue weighted by Crippen LogP contribution is 2.29. The van der Waals surface area contributed by atoms with E-state index in [-0.39, 0.29) is 6.04 Å². The molecule has 2 heterocycles. The van der Waals surface area contributed by atoms with Crippen molar-refractivity contribution < 1.29 is 9.15 Å². The first kappa shape index (κ1) is 18.3. The largest absolute Gasteiger partial charge is 0.444 e. The summed E-state index contributed by atoms with van der Waals surface area (Å²) >= 11 is 0. The van der Waals surface area contributed by atoms with Gasteiger partial charge in [-0.1, -0.05) is 13.8 Å². The molecule has 1 atom stereocenters. The first-order chi connectivity index (χ1) is 12.6. The molecule has 0 radical (unpaired) electrons. The average Bonchev–Trinajstić information content (AvgIpc) is 3.15. The summed E-state index contributed by atoms with van der Waals surface area (Å²) in [7, 11) is 1.67. The first-order valence-corrected chi connectivity index (χ1v) is 8.77. The molecular formula is C19H25N5O2. The molecule has 3 N–H and O–H groups in total. The van der Waals surface area contributed by atoms with Crippen LogP contribution in [0, 0.1) is 5.92 Å². The van der Waals surface area contributed by atoms with Crippen molar-refractivity contribution in [1.82, 2.24) is 15.0 Å². The maximum Gasteiger partial charge on any atom is 0.181 e. The fourth-order valence-electron chi connectivity index (χ4n) is 2.84. The van der Waals surface area contributed by atoms with Crippen LogP contribution in [0.15, 0.2) is 35.2 Å². The van der Waals surface area contributed by atoms with Crippen molar-refractivity contribution in [3.05, 3.63) is 36.6 Å². The fraction of sp³-hybridized carbons (Fsp3) is 0.421. The van der Waals surface area contributed by atoms with E-state index in [9.17, 15) is 0 Å². The van der Waals surface area contributed by atoms with Crippen LogP contribution in [-0.2, 0) is 4.74 Å². The van der Waals surface area contributed by atoms with E-state index in [2.05, 4.69) is 29.1 Å². The van der Waals surface area contributed by atoms with E-state index in [1.54, 1.807) is 13.3 Å². The molecule has 0 amide bonds. The topological polar surface area (TPSA) is 99.1 Å². The van der Waals surface area contributed by atoms with E-state index >= 15 is 0 Å². The Bertz CT molecular complexity index is 849. The molecule has 7 heteroatoms. The fourth-order valence-corrected chi connectivity index (χ4v) is 2.84. The Morgan fingerprint density at radius 3 is 2.81 bits per heavy atom. The molecule has 3 aromatic rings. The molecule has 0 saturated carbocycles. The molecule has 7 nitrogen and oxygen atoms in total. The van der Waals surface area contributed by atoms with Crippen LogP contribution in [0.1, 0.15) is 32.1 Å². The monoisotopic (exact) mass is 355 g/mol. The summed E-state index contributed by atoms with van der Waals surface area (Å²) < 4.78 is 10.5. The Balaban J connectivity index is 2.03. The van der Waals surface area contributed by atoms with E-state index in [0.29, 0.717) is 30.7 Å². The highest BCUT2D eigenvalue weighted by atomic mass is 16.5. The molecule has 1 aromatic carbocycles. The number of anilines is 1. The van der Waals surface area contributed by atoms with Crippen LogP contribution in [0.5, 0.6) is 0 Å². The zero-order chi connectivity index (χ0) is 18.5. The number of nitrogens with one attached hydrogen (secondary N) is 1. The average molecular weight is 355 g/mol. The molecule has 1 unspecified atom stereocenters. The molecule has 3 rings (SSSR count). The summed E-state index contributed by atoms with van der Waals surface area (Å²) in [5.74, 6) is 2.58. The summed E-state index contributed by atoms with van der Waals surface area (Å²) in [6.45, 7) is 5.51. The summed E-state index contributed by atoms with van der Waals surface area (Å²) in [6, 6.07) is 5.73. The van der Waals surface area contributed by atoms with E-state index in [4.69, 9.17) is 19.9 Å². The van der Waals surface area contributed by atoms with E-state index in [1.807, 2.05) is 18.2 Å². The van der Waals surface area contributed by atoms with Gasteiger partial charge in [0.15, 0.2) is 12.2 Å². The molecule has 0 aliphatic rings. The normalized spacial score (nSPS) is 12.7. The van der Waals surface area contributed by atoms with E-state index in [1.165, 1.54) is 6.39 Å². The molecule has 138 valence electrons. The van der Waals surface area contributed by atoms with Crippen LogP contribution >= 0.6 is 0 Å². The van der Waals surface area contributed by atoms with Crippen LogP contribution < -0.4 is 11.1 Å². The van der Waals surface area contributed by atoms with Gasteiger partial charge in [-0.3, -0.25) is 0 Å². The number of rotatable bonds is 8. The number of nitrogens with zero attached hydrogens (tertiary/aromatic N) is 3. The quantitative estimate of drug-likeness (QED) is 0.597. The van der Waals surface area contributed by atoms with Crippen molar-refractivity contribution in [2.75, 3.05) is 25.6 Å². The van der Waals surface area contributed by atoms with Gasteiger partial charge >= 0.3 is 0 Å². The second kappa shape index (κ2) is 8.25. The van der Waals surface area contributed by atoms with Crippen LogP contribution in [0.2, 0.25) is 0 Å². The highest BCUT2D eigenvalue weighted by molar-refractivity contribution is 5.92. The first-order valence-electron chi connectivity index (χ1n) is 8.77. The van der Waals surface area contributed by atoms with Crippen molar-refractivity contribution >= 4 is 16.7 Å². The number of nitrogens with two attached hydrogens (primary N) is 1. The zero-order valence-electron chi connectivity index (χ0n) is 15.4. The van der Waals surface area contributed by atoms with Gasteiger partial charge in [-0.05, 0) is 30.5 Å². The van der Waals surface area contributed by atoms with Gasteiger partial charge in [-0.15, -0.1) is 0 Å². The van der Waals surface area contributed by atoms with Gasteiger partial charge in [-0.25, -0.2) is 15.0 Å². The second-order valence-corrected chi connectivity index (χ2v) is 6.68. The lowest BCUT2D eigenvalue weighted by Gasteiger charge is -2.16. The number of methoxy groups -OCH3 is 1. The Morgan fingerprint density at radius 2 is 2.12 bits per heavy atom. The van der Waals surface area contributed by atoms with E-state index < -0.39 is 0 Å². The van der Waals surface area contributed by atoms with Gasteiger partial charge in [0.2, 0.25) is 0 Å². The van der Waals surface area contributed by atoms with Crippen molar-refractivity contribution in [2.45, 2.75) is 26.3 Å². The predicted molar refractivity (Wildman–Crippen MR) is 102 cm³/mol. The number of hydrogen-bond acceptors (Lipinski definition) is 7.